The third-order valence-corrected chi connectivity index (χ3v) is 4.22. The van der Waals surface area contributed by atoms with Gasteiger partial charge in [-0.25, -0.2) is 4.98 Å². The lowest BCUT2D eigenvalue weighted by atomic mass is 10.1. The minimum atomic E-state index is -0.202. The van der Waals surface area contributed by atoms with E-state index in [1.807, 2.05) is 54.6 Å². The van der Waals surface area contributed by atoms with Gasteiger partial charge in [0.15, 0.2) is 4.88 Å². The summed E-state index contributed by atoms with van der Waals surface area (Å²) in [5.74, 6) is 0.767. The highest BCUT2D eigenvalue weighted by Crippen LogP contribution is 2.26. The lowest BCUT2D eigenvalue weighted by molar-refractivity contribution is 0.0952. The number of nitrogens with two attached hydrogens (primary N) is 1. The van der Waals surface area contributed by atoms with E-state index < -0.39 is 0 Å². The molecule has 6 heteroatoms. The Hall–Kier alpha value is -2.70. The van der Waals surface area contributed by atoms with Crippen molar-refractivity contribution in [1.29, 1.82) is 0 Å². The van der Waals surface area contributed by atoms with Crippen molar-refractivity contribution in [2.24, 2.45) is 5.73 Å². The van der Waals surface area contributed by atoms with E-state index in [0.717, 1.165) is 11.1 Å². The second-order valence-electron chi connectivity index (χ2n) is 5.11. The van der Waals surface area contributed by atoms with Crippen LogP contribution in [-0.2, 0) is 13.1 Å². The van der Waals surface area contributed by atoms with Gasteiger partial charge < -0.3 is 15.8 Å². The molecule has 0 aliphatic carbocycles. The van der Waals surface area contributed by atoms with Gasteiger partial charge in [0.1, 0.15) is 5.75 Å². The predicted octanol–water partition coefficient (Wildman–Crippen LogP) is 3.32. The Morgan fingerprint density at radius 3 is 2.50 bits per heavy atom. The van der Waals surface area contributed by atoms with Gasteiger partial charge in [-0.2, -0.15) is 0 Å². The SMILES string of the molecule is NCc1ccc(CNC(=O)c2scnc2Oc2ccccc2)cc1. The average Bonchev–Trinajstić information content (AvgIpc) is 3.09. The van der Waals surface area contributed by atoms with Crippen LogP contribution in [0.25, 0.3) is 0 Å². The molecule has 3 rings (SSSR count). The molecule has 5 nitrogen and oxygen atoms in total. The summed E-state index contributed by atoms with van der Waals surface area (Å²) in [6.45, 7) is 0.944. The van der Waals surface area contributed by atoms with Gasteiger partial charge in [-0.3, -0.25) is 4.79 Å². The molecule has 1 aromatic heterocycles. The first-order valence-electron chi connectivity index (χ1n) is 7.48. The lowest BCUT2D eigenvalue weighted by Gasteiger charge is -2.07. The molecule has 0 fully saturated rings. The molecule has 0 unspecified atom stereocenters. The topological polar surface area (TPSA) is 77.2 Å². The molecule has 1 heterocycles. The van der Waals surface area contributed by atoms with Gasteiger partial charge in [0.25, 0.3) is 5.91 Å². The maximum Gasteiger partial charge on any atom is 0.267 e. The number of carbonyl (C=O) groups is 1. The molecule has 0 bridgehead atoms. The van der Waals surface area contributed by atoms with Crippen LogP contribution < -0.4 is 15.8 Å². The molecule has 0 radical (unpaired) electrons. The number of nitrogens with one attached hydrogen (secondary N) is 1. The Morgan fingerprint density at radius 2 is 1.79 bits per heavy atom. The third-order valence-electron chi connectivity index (χ3n) is 3.41. The second kappa shape index (κ2) is 7.72. The molecule has 0 saturated carbocycles. The van der Waals surface area contributed by atoms with Crippen molar-refractivity contribution in [3.05, 3.63) is 76.1 Å². The van der Waals surface area contributed by atoms with E-state index >= 15 is 0 Å². The smallest absolute Gasteiger partial charge is 0.267 e. The fourth-order valence-corrected chi connectivity index (χ4v) is 2.74. The number of amides is 1. The third kappa shape index (κ3) is 3.98. The van der Waals surface area contributed by atoms with E-state index in [9.17, 15) is 4.79 Å². The van der Waals surface area contributed by atoms with E-state index in [1.165, 1.54) is 11.3 Å². The Kier molecular flexibility index (Phi) is 5.20. The van der Waals surface area contributed by atoms with E-state index in [-0.39, 0.29) is 5.91 Å². The van der Waals surface area contributed by atoms with Crippen LogP contribution in [0.3, 0.4) is 0 Å². The number of hydrogen-bond acceptors (Lipinski definition) is 5. The maximum atomic E-state index is 12.4. The molecule has 2 aromatic carbocycles. The number of thiazole rings is 1. The van der Waals surface area contributed by atoms with Gasteiger partial charge in [-0.05, 0) is 23.3 Å². The Bertz CT molecular complexity index is 801. The molecular weight excluding hydrogens is 322 g/mol. The van der Waals surface area contributed by atoms with Crippen LogP contribution in [0.4, 0.5) is 0 Å². The van der Waals surface area contributed by atoms with Gasteiger partial charge in [0.05, 0.1) is 5.51 Å². The maximum absolute atomic E-state index is 12.4. The molecule has 1 amide bonds. The molecule has 0 aliphatic heterocycles. The molecule has 24 heavy (non-hydrogen) atoms. The van der Waals surface area contributed by atoms with Crippen molar-refractivity contribution in [2.45, 2.75) is 13.1 Å². The minimum absolute atomic E-state index is 0.202. The van der Waals surface area contributed by atoms with Crippen molar-refractivity contribution < 1.29 is 9.53 Å². The summed E-state index contributed by atoms with van der Waals surface area (Å²) >= 11 is 1.25. The number of nitrogens with zero attached hydrogens (tertiary/aromatic N) is 1. The zero-order valence-electron chi connectivity index (χ0n) is 12.9. The quantitative estimate of drug-likeness (QED) is 0.722. The van der Waals surface area contributed by atoms with Crippen molar-refractivity contribution in [2.75, 3.05) is 0 Å². The van der Waals surface area contributed by atoms with Crippen LogP contribution in [0.15, 0.2) is 60.1 Å². The molecule has 122 valence electrons. The Labute approximate surface area is 144 Å². The van der Waals surface area contributed by atoms with E-state index in [0.29, 0.717) is 29.6 Å². The average molecular weight is 339 g/mol. The number of aromatic nitrogens is 1. The summed E-state index contributed by atoms with van der Waals surface area (Å²) in [6.07, 6.45) is 0. The molecule has 3 aromatic rings. The summed E-state index contributed by atoms with van der Waals surface area (Å²) in [6, 6.07) is 17.1. The van der Waals surface area contributed by atoms with Crippen molar-refractivity contribution in [3.63, 3.8) is 0 Å². The number of para-hydroxylation sites is 1. The van der Waals surface area contributed by atoms with Crippen molar-refractivity contribution >= 4 is 17.2 Å². The second-order valence-corrected chi connectivity index (χ2v) is 5.96. The normalized spacial score (nSPS) is 10.4. The Morgan fingerprint density at radius 1 is 1.08 bits per heavy atom. The summed E-state index contributed by atoms with van der Waals surface area (Å²) in [4.78, 5) is 17.0. The van der Waals surface area contributed by atoms with E-state index in [1.54, 1.807) is 5.51 Å². The van der Waals surface area contributed by atoms with Gasteiger partial charge >= 0.3 is 0 Å². The van der Waals surface area contributed by atoms with Crippen molar-refractivity contribution in [1.82, 2.24) is 10.3 Å². The number of carbonyl (C=O) groups excluding carboxylic acids is 1. The van der Waals surface area contributed by atoms with Gasteiger partial charge in [0.2, 0.25) is 5.88 Å². The van der Waals surface area contributed by atoms with Crippen molar-refractivity contribution in [3.8, 4) is 11.6 Å². The fourth-order valence-electron chi connectivity index (χ4n) is 2.12. The van der Waals surface area contributed by atoms with Crippen LogP contribution in [0.2, 0.25) is 0 Å². The van der Waals surface area contributed by atoms with Crippen LogP contribution in [0.1, 0.15) is 20.8 Å². The number of benzene rings is 2. The number of rotatable bonds is 6. The number of ether oxygens (including phenoxy) is 1. The summed E-state index contributed by atoms with van der Waals surface area (Å²) in [5.41, 5.74) is 9.25. The first-order chi connectivity index (χ1) is 11.8. The highest BCUT2D eigenvalue weighted by Gasteiger charge is 2.16. The van der Waals surface area contributed by atoms with Gasteiger partial charge in [-0.15, -0.1) is 11.3 Å². The van der Waals surface area contributed by atoms with Crippen LogP contribution >= 0.6 is 11.3 Å². The van der Waals surface area contributed by atoms with Crippen LogP contribution in [-0.4, -0.2) is 10.9 Å². The zero-order valence-corrected chi connectivity index (χ0v) is 13.8. The minimum Gasteiger partial charge on any atom is -0.437 e. The summed E-state index contributed by atoms with van der Waals surface area (Å²) in [7, 11) is 0. The predicted molar refractivity (Wildman–Crippen MR) is 94.1 cm³/mol. The molecule has 3 N–H and O–H groups in total. The fraction of sp³-hybridized carbons (Fsp3) is 0.111. The number of hydrogen-bond donors (Lipinski definition) is 2. The van der Waals surface area contributed by atoms with Crippen LogP contribution in [0, 0.1) is 0 Å². The summed E-state index contributed by atoms with van der Waals surface area (Å²) < 4.78 is 5.68. The van der Waals surface area contributed by atoms with E-state index in [4.69, 9.17) is 10.5 Å². The van der Waals surface area contributed by atoms with Gasteiger partial charge in [-0.1, -0.05) is 42.5 Å². The molecule has 0 spiro atoms. The molecular formula is C18H17N3O2S. The van der Waals surface area contributed by atoms with E-state index in [2.05, 4.69) is 10.3 Å². The molecule has 0 atom stereocenters. The Balaban J connectivity index is 1.64. The van der Waals surface area contributed by atoms with Crippen LogP contribution in [0.5, 0.6) is 11.6 Å². The lowest BCUT2D eigenvalue weighted by Crippen LogP contribution is -2.22. The largest absolute Gasteiger partial charge is 0.437 e. The summed E-state index contributed by atoms with van der Waals surface area (Å²) in [5, 5.41) is 2.89. The molecule has 0 aliphatic rings. The zero-order chi connectivity index (χ0) is 16.8. The highest BCUT2D eigenvalue weighted by molar-refractivity contribution is 7.12. The van der Waals surface area contributed by atoms with Gasteiger partial charge in [0, 0.05) is 13.1 Å². The highest BCUT2D eigenvalue weighted by atomic mass is 32.1. The molecule has 0 saturated heterocycles. The standard InChI is InChI=1S/C18H17N3O2S/c19-10-13-6-8-14(9-7-13)11-20-17(22)16-18(21-12-24-16)23-15-4-2-1-3-5-15/h1-9,12H,10-11,19H2,(H,20,22). The monoisotopic (exact) mass is 339 g/mol. The first kappa shape index (κ1) is 16.2. The first-order valence-corrected chi connectivity index (χ1v) is 8.36.